The van der Waals surface area contributed by atoms with Crippen molar-refractivity contribution in [1.82, 2.24) is 9.97 Å². The molecule has 1 fully saturated rings. The molecular formula is C19H19N3O4. The lowest BCUT2D eigenvalue weighted by atomic mass is 9.85. The Morgan fingerprint density at radius 3 is 2.88 bits per heavy atom. The lowest BCUT2D eigenvalue weighted by Gasteiger charge is -2.22. The fourth-order valence-corrected chi connectivity index (χ4v) is 3.25. The molecule has 2 heterocycles. The van der Waals surface area contributed by atoms with E-state index in [1.54, 1.807) is 13.0 Å². The number of anilines is 1. The van der Waals surface area contributed by atoms with Gasteiger partial charge < -0.3 is 19.8 Å². The second kappa shape index (κ2) is 6.33. The molecule has 0 radical (unpaired) electrons. The molecule has 0 saturated heterocycles. The highest BCUT2D eigenvalue weighted by Gasteiger charge is 2.23. The molecule has 4 rings (SSSR count). The number of nitrogens with zero attached hydrogens (tertiary/aromatic N) is 1. The minimum Gasteiger partial charge on any atom is -0.481 e. The number of aliphatic carboxylic acids is 1. The third-order valence-corrected chi connectivity index (χ3v) is 4.84. The van der Waals surface area contributed by atoms with E-state index >= 15 is 0 Å². The molecule has 0 atom stereocenters. The van der Waals surface area contributed by atoms with Crippen LogP contribution in [0.15, 0.2) is 28.9 Å². The van der Waals surface area contributed by atoms with Gasteiger partial charge in [0.05, 0.1) is 22.9 Å². The summed E-state index contributed by atoms with van der Waals surface area (Å²) in [6.07, 6.45) is 4.63. The van der Waals surface area contributed by atoms with Gasteiger partial charge in [-0.3, -0.25) is 9.59 Å². The molecule has 0 unspecified atom stereocenters. The topological polar surface area (TPSA) is 108 Å². The molecule has 1 saturated carbocycles. The fourth-order valence-electron chi connectivity index (χ4n) is 3.25. The average molecular weight is 353 g/mol. The number of amides is 1. The van der Waals surface area contributed by atoms with Gasteiger partial charge in [-0.25, -0.2) is 4.98 Å². The number of imidazole rings is 1. The number of carboxylic acid groups (broad SMARTS) is 1. The number of aryl methyl sites for hydroxylation is 1. The van der Waals surface area contributed by atoms with Crippen LogP contribution in [0.5, 0.6) is 0 Å². The van der Waals surface area contributed by atoms with Crippen molar-refractivity contribution in [2.45, 2.75) is 38.5 Å². The predicted octanol–water partition coefficient (Wildman–Crippen LogP) is 3.61. The zero-order valence-electron chi connectivity index (χ0n) is 14.3. The van der Waals surface area contributed by atoms with E-state index in [2.05, 4.69) is 15.3 Å². The van der Waals surface area contributed by atoms with Crippen LogP contribution in [0.25, 0.3) is 11.0 Å². The van der Waals surface area contributed by atoms with Crippen LogP contribution in [-0.4, -0.2) is 27.0 Å². The van der Waals surface area contributed by atoms with E-state index in [0.29, 0.717) is 17.2 Å². The molecule has 1 amide bonds. The molecule has 1 aromatic carbocycles. The summed E-state index contributed by atoms with van der Waals surface area (Å²) in [6.45, 7) is 1.72. The maximum Gasteiger partial charge on any atom is 0.311 e. The molecule has 0 aliphatic heterocycles. The summed E-state index contributed by atoms with van der Waals surface area (Å²) < 4.78 is 5.23. The number of hydrogen-bond acceptors (Lipinski definition) is 4. The minimum atomic E-state index is -1.05. The van der Waals surface area contributed by atoms with Gasteiger partial charge in [-0.1, -0.05) is 6.42 Å². The molecule has 1 aliphatic rings. The molecule has 2 aromatic heterocycles. The van der Waals surface area contributed by atoms with Crippen molar-refractivity contribution in [3.8, 4) is 0 Å². The number of carboxylic acids is 1. The van der Waals surface area contributed by atoms with Crippen molar-refractivity contribution >= 4 is 28.6 Å². The number of rotatable bonds is 5. The Bertz CT molecular complexity index is 998. The number of H-pyrrole nitrogens is 1. The van der Waals surface area contributed by atoms with E-state index in [0.717, 1.165) is 29.7 Å². The summed E-state index contributed by atoms with van der Waals surface area (Å²) in [4.78, 5) is 31.5. The van der Waals surface area contributed by atoms with E-state index in [-0.39, 0.29) is 23.7 Å². The zero-order valence-corrected chi connectivity index (χ0v) is 14.3. The Morgan fingerprint density at radius 1 is 1.38 bits per heavy atom. The zero-order chi connectivity index (χ0) is 18.3. The molecule has 7 heteroatoms. The molecule has 7 nitrogen and oxygen atoms in total. The summed E-state index contributed by atoms with van der Waals surface area (Å²) >= 11 is 0. The first-order valence-corrected chi connectivity index (χ1v) is 8.61. The van der Waals surface area contributed by atoms with Crippen molar-refractivity contribution in [2.24, 2.45) is 0 Å². The van der Waals surface area contributed by atoms with Gasteiger partial charge in [-0.05, 0) is 38.0 Å². The predicted molar refractivity (Wildman–Crippen MR) is 95.4 cm³/mol. The fraction of sp³-hybridized carbons (Fsp3) is 0.316. The van der Waals surface area contributed by atoms with Crippen molar-refractivity contribution < 1.29 is 19.1 Å². The Labute approximate surface area is 149 Å². The van der Waals surface area contributed by atoms with Gasteiger partial charge in [0.2, 0.25) is 0 Å². The van der Waals surface area contributed by atoms with Gasteiger partial charge in [-0.2, -0.15) is 0 Å². The molecule has 1 aliphatic carbocycles. The highest BCUT2D eigenvalue weighted by atomic mass is 16.4. The number of aromatic nitrogens is 2. The van der Waals surface area contributed by atoms with Crippen molar-refractivity contribution in [3.05, 3.63) is 47.2 Å². The molecule has 26 heavy (non-hydrogen) atoms. The molecule has 3 aromatic rings. The minimum absolute atomic E-state index is 0.155. The monoisotopic (exact) mass is 353 g/mol. The highest BCUT2D eigenvalue weighted by Crippen LogP contribution is 2.35. The standard InChI is InChI=1S/C19H19N3O4/c1-10-9-26-15(8-16(23)24)17(10)19(25)20-12-5-6-13-14(7-12)22-18(21-13)11-3-2-4-11/h5-7,9,11H,2-4,8H2,1H3,(H,20,25)(H,21,22)(H,23,24). The lowest BCUT2D eigenvalue weighted by Crippen LogP contribution is -2.15. The summed E-state index contributed by atoms with van der Waals surface area (Å²) in [5.41, 5.74) is 3.24. The van der Waals surface area contributed by atoms with Crippen LogP contribution >= 0.6 is 0 Å². The number of benzene rings is 1. The first kappa shape index (κ1) is 16.4. The number of fused-ring (bicyclic) bond motifs is 1. The van der Waals surface area contributed by atoms with E-state index < -0.39 is 5.97 Å². The van der Waals surface area contributed by atoms with Gasteiger partial charge in [0.25, 0.3) is 5.91 Å². The highest BCUT2D eigenvalue weighted by molar-refractivity contribution is 6.07. The number of nitrogens with one attached hydrogen (secondary N) is 2. The number of hydrogen-bond donors (Lipinski definition) is 3. The lowest BCUT2D eigenvalue weighted by molar-refractivity contribution is -0.136. The van der Waals surface area contributed by atoms with Crippen LogP contribution in [0, 0.1) is 6.92 Å². The van der Waals surface area contributed by atoms with E-state index in [1.165, 1.54) is 12.7 Å². The third-order valence-electron chi connectivity index (χ3n) is 4.84. The van der Waals surface area contributed by atoms with Gasteiger partial charge >= 0.3 is 5.97 Å². The van der Waals surface area contributed by atoms with E-state index in [9.17, 15) is 9.59 Å². The third kappa shape index (κ3) is 2.96. The van der Waals surface area contributed by atoms with Crippen LogP contribution in [0.4, 0.5) is 5.69 Å². The van der Waals surface area contributed by atoms with E-state index in [4.69, 9.17) is 9.52 Å². The normalized spacial score (nSPS) is 14.3. The maximum absolute atomic E-state index is 12.6. The van der Waals surface area contributed by atoms with Crippen LogP contribution in [-0.2, 0) is 11.2 Å². The average Bonchev–Trinajstić information content (AvgIpc) is 3.08. The summed E-state index contributed by atoms with van der Waals surface area (Å²) in [5, 5.41) is 11.8. The first-order chi connectivity index (χ1) is 12.5. The molecule has 0 spiro atoms. The largest absolute Gasteiger partial charge is 0.481 e. The second-order valence-corrected chi connectivity index (χ2v) is 6.72. The number of carbonyl (C=O) groups excluding carboxylic acids is 1. The Morgan fingerprint density at radius 2 is 2.19 bits per heavy atom. The number of furan rings is 1. The number of carbonyl (C=O) groups is 2. The second-order valence-electron chi connectivity index (χ2n) is 6.72. The van der Waals surface area contributed by atoms with Crippen LogP contribution < -0.4 is 5.32 Å². The van der Waals surface area contributed by atoms with Crippen LogP contribution in [0.3, 0.4) is 0 Å². The maximum atomic E-state index is 12.6. The van der Waals surface area contributed by atoms with Crippen molar-refractivity contribution in [1.29, 1.82) is 0 Å². The van der Waals surface area contributed by atoms with Crippen molar-refractivity contribution in [3.63, 3.8) is 0 Å². The summed E-state index contributed by atoms with van der Waals surface area (Å²) in [7, 11) is 0. The van der Waals surface area contributed by atoms with Gasteiger partial charge in [-0.15, -0.1) is 0 Å². The summed E-state index contributed by atoms with van der Waals surface area (Å²) in [5.74, 6) is 0.237. The SMILES string of the molecule is Cc1coc(CC(=O)O)c1C(=O)Nc1ccc2nc(C3CCC3)[nH]c2c1. The van der Waals surface area contributed by atoms with Crippen LogP contribution in [0.2, 0.25) is 0 Å². The van der Waals surface area contributed by atoms with Gasteiger partial charge in [0.15, 0.2) is 0 Å². The Hall–Kier alpha value is -3.09. The van der Waals surface area contributed by atoms with Gasteiger partial charge in [0, 0.05) is 17.2 Å². The Kier molecular flexibility index (Phi) is 3.99. The van der Waals surface area contributed by atoms with Crippen molar-refractivity contribution in [2.75, 3.05) is 5.32 Å². The summed E-state index contributed by atoms with van der Waals surface area (Å²) in [6, 6.07) is 5.50. The molecule has 0 bridgehead atoms. The van der Waals surface area contributed by atoms with E-state index in [1.807, 2.05) is 12.1 Å². The molecule has 3 N–H and O–H groups in total. The van der Waals surface area contributed by atoms with Crippen LogP contribution in [0.1, 0.15) is 52.7 Å². The first-order valence-electron chi connectivity index (χ1n) is 8.61. The smallest absolute Gasteiger partial charge is 0.311 e. The van der Waals surface area contributed by atoms with Gasteiger partial charge in [0.1, 0.15) is 18.0 Å². The quantitative estimate of drug-likeness (QED) is 0.649. The Balaban J connectivity index is 1.57. The molecular weight excluding hydrogens is 334 g/mol. The number of aromatic amines is 1. The molecule has 134 valence electrons.